The molecule has 0 radical (unpaired) electrons. The number of amides is 1. The van der Waals surface area contributed by atoms with Gasteiger partial charge in [-0.3, -0.25) is 4.79 Å². The molecule has 27 heavy (non-hydrogen) atoms. The summed E-state index contributed by atoms with van der Waals surface area (Å²) >= 11 is 0. The molecule has 144 valence electrons. The highest BCUT2D eigenvalue weighted by atomic mass is 16.5. The van der Waals surface area contributed by atoms with E-state index in [1.807, 2.05) is 24.0 Å². The van der Waals surface area contributed by atoms with Crippen molar-refractivity contribution in [3.8, 4) is 23.0 Å². The van der Waals surface area contributed by atoms with E-state index in [2.05, 4.69) is 0 Å². The maximum Gasteiger partial charge on any atom is 0.254 e. The maximum atomic E-state index is 13.0. The lowest BCUT2D eigenvalue weighted by atomic mass is 9.98. The monoisotopic (exact) mass is 371 g/mol. The molecular formula is C21H25NO5. The van der Waals surface area contributed by atoms with Crippen LogP contribution in [0, 0.1) is 0 Å². The largest absolute Gasteiger partial charge is 0.493 e. The smallest absolute Gasteiger partial charge is 0.254 e. The Morgan fingerprint density at radius 3 is 2.19 bits per heavy atom. The van der Waals surface area contributed by atoms with Gasteiger partial charge in [-0.1, -0.05) is 0 Å². The van der Waals surface area contributed by atoms with Crippen molar-refractivity contribution < 1.29 is 23.7 Å². The summed E-state index contributed by atoms with van der Waals surface area (Å²) < 4.78 is 21.6. The third kappa shape index (κ3) is 3.79. The number of hydrogen-bond acceptors (Lipinski definition) is 5. The van der Waals surface area contributed by atoms with Crippen molar-refractivity contribution in [2.45, 2.75) is 19.9 Å². The minimum absolute atomic E-state index is 0.0308. The van der Waals surface area contributed by atoms with Gasteiger partial charge >= 0.3 is 0 Å². The minimum Gasteiger partial charge on any atom is -0.493 e. The Morgan fingerprint density at radius 1 is 0.926 bits per heavy atom. The summed E-state index contributed by atoms with van der Waals surface area (Å²) in [5, 5.41) is 0. The standard InChI is InChI=1S/C21H25NO5/c1-5-27-17-7-6-15(11-18(17)24-2)21(23)22-9-8-14-10-19(25-3)20(26-4)12-16(14)13-22/h6-7,10-12H,5,8-9,13H2,1-4H3. The van der Waals surface area contributed by atoms with Gasteiger partial charge in [0.05, 0.1) is 27.9 Å². The Hall–Kier alpha value is -2.89. The van der Waals surface area contributed by atoms with Gasteiger partial charge in [0.15, 0.2) is 23.0 Å². The molecule has 1 aliphatic heterocycles. The van der Waals surface area contributed by atoms with E-state index in [1.165, 1.54) is 5.56 Å². The fraction of sp³-hybridized carbons (Fsp3) is 0.381. The van der Waals surface area contributed by atoms with Gasteiger partial charge in [0.1, 0.15) is 0 Å². The molecule has 1 amide bonds. The molecule has 0 spiro atoms. The number of benzene rings is 2. The van der Waals surface area contributed by atoms with Gasteiger partial charge in [0.25, 0.3) is 5.91 Å². The Morgan fingerprint density at radius 2 is 1.56 bits per heavy atom. The molecule has 1 aliphatic rings. The number of methoxy groups -OCH3 is 3. The van der Waals surface area contributed by atoms with Crippen LogP contribution in [0.5, 0.6) is 23.0 Å². The van der Waals surface area contributed by atoms with Crippen molar-refractivity contribution in [2.24, 2.45) is 0 Å². The summed E-state index contributed by atoms with van der Waals surface area (Å²) in [6.07, 6.45) is 0.773. The zero-order valence-electron chi connectivity index (χ0n) is 16.2. The van der Waals surface area contributed by atoms with E-state index in [-0.39, 0.29) is 5.91 Å². The molecule has 6 nitrogen and oxygen atoms in total. The summed E-state index contributed by atoms with van der Waals surface area (Å²) in [4.78, 5) is 14.8. The van der Waals surface area contributed by atoms with Crippen LogP contribution in [0.3, 0.4) is 0 Å². The van der Waals surface area contributed by atoms with Crippen LogP contribution in [0.2, 0.25) is 0 Å². The number of carbonyl (C=O) groups is 1. The summed E-state index contributed by atoms with van der Waals surface area (Å²) in [6.45, 7) is 3.63. The summed E-state index contributed by atoms with van der Waals surface area (Å²) in [5.74, 6) is 2.56. The van der Waals surface area contributed by atoms with Crippen molar-refractivity contribution in [1.82, 2.24) is 4.90 Å². The van der Waals surface area contributed by atoms with Gasteiger partial charge in [0, 0.05) is 18.7 Å². The third-order valence-corrected chi connectivity index (χ3v) is 4.72. The average molecular weight is 371 g/mol. The molecule has 2 aromatic rings. The zero-order valence-corrected chi connectivity index (χ0v) is 16.2. The van der Waals surface area contributed by atoms with Crippen molar-refractivity contribution in [2.75, 3.05) is 34.5 Å². The van der Waals surface area contributed by atoms with E-state index in [4.69, 9.17) is 18.9 Å². The molecule has 0 saturated heterocycles. The van der Waals surface area contributed by atoms with Crippen LogP contribution in [0.25, 0.3) is 0 Å². The maximum absolute atomic E-state index is 13.0. The first-order valence-corrected chi connectivity index (χ1v) is 8.95. The lowest BCUT2D eigenvalue weighted by Crippen LogP contribution is -2.36. The number of fused-ring (bicyclic) bond motifs is 1. The molecule has 0 fully saturated rings. The van der Waals surface area contributed by atoms with E-state index < -0.39 is 0 Å². The van der Waals surface area contributed by atoms with Crippen LogP contribution in [0.1, 0.15) is 28.4 Å². The number of hydrogen-bond donors (Lipinski definition) is 0. The molecule has 0 N–H and O–H groups in total. The van der Waals surface area contributed by atoms with Crippen molar-refractivity contribution in [3.63, 3.8) is 0 Å². The van der Waals surface area contributed by atoms with E-state index in [1.54, 1.807) is 39.5 Å². The first-order valence-electron chi connectivity index (χ1n) is 8.95. The van der Waals surface area contributed by atoms with Gasteiger partial charge in [-0.25, -0.2) is 0 Å². The van der Waals surface area contributed by atoms with Gasteiger partial charge in [-0.05, 0) is 54.8 Å². The van der Waals surface area contributed by atoms with Gasteiger partial charge in [-0.15, -0.1) is 0 Å². The fourth-order valence-corrected chi connectivity index (χ4v) is 3.31. The Kier molecular flexibility index (Phi) is 5.74. The number of nitrogens with zero attached hydrogens (tertiary/aromatic N) is 1. The highest BCUT2D eigenvalue weighted by Crippen LogP contribution is 2.34. The van der Waals surface area contributed by atoms with Crippen LogP contribution in [-0.4, -0.2) is 45.3 Å². The highest BCUT2D eigenvalue weighted by Gasteiger charge is 2.24. The zero-order chi connectivity index (χ0) is 19.4. The second-order valence-corrected chi connectivity index (χ2v) is 6.25. The average Bonchev–Trinajstić information content (AvgIpc) is 2.72. The summed E-state index contributed by atoms with van der Waals surface area (Å²) in [6, 6.07) is 9.24. The molecule has 2 aromatic carbocycles. The van der Waals surface area contributed by atoms with E-state index >= 15 is 0 Å². The highest BCUT2D eigenvalue weighted by molar-refractivity contribution is 5.95. The second-order valence-electron chi connectivity index (χ2n) is 6.25. The number of ether oxygens (including phenoxy) is 4. The SMILES string of the molecule is CCOc1ccc(C(=O)N2CCc3cc(OC)c(OC)cc3C2)cc1OC. The normalized spacial score (nSPS) is 13.0. The van der Waals surface area contributed by atoms with Crippen molar-refractivity contribution >= 4 is 5.91 Å². The van der Waals surface area contributed by atoms with Crippen molar-refractivity contribution in [1.29, 1.82) is 0 Å². The molecular weight excluding hydrogens is 346 g/mol. The number of rotatable bonds is 6. The predicted molar refractivity (Wildman–Crippen MR) is 102 cm³/mol. The third-order valence-electron chi connectivity index (χ3n) is 4.72. The Labute approximate surface area is 159 Å². The second kappa shape index (κ2) is 8.20. The Balaban J connectivity index is 1.83. The Bertz CT molecular complexity index is 834. The molecule has 6 heteroatoms. The van der Waals surface area contributed by atoms with Crippen LogP contribution in [0.4, 0.5) is 0 Å². The van der Waals surface area contributed by atoms with E-state index in [9.17, 15) is 4.79 Å². The van der Waals surface area contributed by atoms with Gasteiger partial charge in [-0.2, -0.15) is 0 Å². The van der Waals surface area contributed by atoms with E-state index in [0.717, 1.165) is 12.0 Å². The van der Waals surface area contributed by atoms with Gasteiger partial charge < -0.3 is 23.8 Å². The van der Waals surface area contributed by atoms with Gasteiger partial charge in [0.2, 0.25) is 0 Å². The van der Waals surface area contributed by atoms with Crippen LogP contribution in [-0.2, 0) is 13.0 Å². The van der Waals surface area contributed by atoms with Crippen molar-refractivity contribution in [3.05, 3.63) is 47.0 Å². The fourth-order valence-electron chi connectivity index (χ4n) is 3.31. The van der Waals surface area contributed by atoms with Crippen LogP contribution >= 0.6 is 0 Å². The molecule has 0 aliphatic carbocycles. The molecule has 0 saturated carbocycles. The quantitative estimate of drug-likeness (QED) is 0.780. The molecule has 1 heterocycles. The summed E-state index contributed by atoms with van der Waals surface area (Å²) in [7, 11) is 4.81. The van der Waals surface area contributed by atoms with Crippen LogP contribution < -0.4 is 18.9 Å². The molecule has 0 aromatic heterocycles. The lowest BCUT2D eigenvalue weighted by molar-refractivity contribution is 0.0734. The molecule has 0 bridgehead atoms. The van der Waals surface area contributed by atoms with Crippen LogP contribution in [0.15, 0.2) is 30.3 Å². The topological polar surface area (TPSA) is 57.2 Å². The predicted octanol–water partition coefficient (Wildman–Crippen LogP) is 3.31. The number of carbonyl (C=O) groups excluding carboxylic acids is 1. The van der Waals surface area contributed by atoms with E-state index in [0.29, 0.717) is 48.3 Å². The molecule has 0 unspecified atom stereocenters. The first kappa shape index (κ1) is 18.9. The minimum atomic E-state index is -0.0308. The molecule has 3 rings (SSSR count). The first-order chi connectivity index (χ1) is 13.1. The molecule has 0 atom stereocenters. The lowest BCUT2D eigenvalue weighted by Gasteiger charge is -2.30. The summed E-state index contributed by atoms with van der Waals surface area (Å²) in [5.41, 5.74) is 2.84.